The van der Waals surface area contributed by atoms with Gasteiger partial charge in [-0.05, 0) is 62.4 Å². The van der Waals surface area contributed by atoms with Crippen molar-refractivity contribution >= 4 is 34.0 Å². The minimum atomic E-state index is -0.108. The molecule has 3 aromatic rings. The Morgan fingerprint density at radius 3 is 2.47 bits per heavy atom. The first-order valence-electron chi connectivity index (χ1n) is 13.1. The predicted molar refractivity (Wildman–Crippen MR) is 142 cm³/mol. The fraction of sp³-hybridized carbons (Fsp3) is 0.414. The molecule has 36 heavy (non-hydrogen) atoms. The maximum atomic E-state index is 13.1. The van der Waals surface area contributed by atoms with E-state index in [0.29, 0.717) is 39.0 Å². The van der Waals surface area contributed by atoms with Crippen molar-refractivity contribution in [1.29, 1.82) is 0 Å². The highest BCUT2D eigenvalue weighted by molar-refractivity contribution is 6.06. The molecule has 1 N–H and O–H groups in total. The van der Waals surface area contributed by atoms with Gasteiger partial charge < -0.3 is 19.9 Å². The van der Waals surface area contributed by atoms with E-state index in [1.807, 2.05) is 59.8 Å². The quantitative estimate of drug-likeness (QED) is 0.516. The van der Waals surface area contributed by atoms with Crippen LogP contribution in [0.5, 0.6) is 5.75 Å². The number of nitrogens with one attached hydrogen (secondary N) is 1. The van der Waals surface area contributed by atoms with Gasteiger partial charge in [0.05, 0.1) is 18.7 Å². The first-order chi connectivity index (χ1) is 17.7. The van der Waals surface area contributed by atoms with Crippen LogP contribution in [0.15, 0.2) is 60.9 Å². The molecule has 0 spiro atoms. The molecule has 2 aromatic carbocycles. The Kier molecular flexibility index (Phi) is 7.64. The molecular formula is C29H34N4O3. The molecule has 5 rings (SSSR count). The summed E-state index contributed by atoms with van der Waals surface area (Å²) in [6, 6.07) is 15.7. The van der Waals surface area contributed by atoms with Gasteiger partial charge in [0.2, 0.25) is 11.8 Å². The van der Waals surface area contributed by atoms with Gasteiger partial charge in [-0.15, -0.1) is 0 Å². The summed E-state index contributed by atoms with van der Waals surface area (Å²) in [6.45, 7) is 3.69. The van der Waals surface area contributed by atoms with Crippen LogP contribution >= 0.6 is 0 Å². The number of para-hydroxylation sites is 1. The minimum absolute atomic E-state index is 0.0189. The zero-order valence-electron chi connectivity index (χ0n) is 20.7. The van der Waals surface area contributed by atoms with E-state index in [0.717, 1.165) is 35.3 Å². The zero-order chi connectivity index (χ0) is 24.7. The van der Waals surface area contributed by atoms with Crippen LogP contribution in [-0.4, -0.2) is 54.5 Å². The third kappa shape index (κ3) is 5.61. The Morgan fingerprint density at radius 2 is 1.69 bits per heavy atom. The molecule has 2 saturated heterocycles. The first kappa shape index (κ1) is 24.1. The van der Waals surface area contributed by atoms with Crippen molar-refractivity contribution in [2.24, 2.45) is 5.92 Å². The molecule has 3 heterocycles. The largest absolute Gasteiger partial charge is 0.493 e. The molecule has 0 unspecified atom stereocenters. The lowest BCUT2D eigenvalue weighted by molar-refractivity contribution is -0.135. The van der Waals surface area contributed by atoms with Crippen LogP contribution in [0.3, 0.4) is 0 Å². The van der Waals surface area contributed by atoms with Gasteiger partial charge >= 0.3 is 0 Å². The van der Waals surface area contributed by atoms with Crippen molar-refractivity contribution in [3.05, 3.63) is 60.9 Å². The van der Waals surface area contributed by atoms with E-state index in [1.165, 1.54) is 24.9 Å². The summed E-state index contributed by atoms with van der Waals surface area (Å²) in [5, 5.41) is 5.26. The molecule has 0 atom stereocenters. The first-order valence-corrected chi connectivity index (χ1v) is 13.1. The van der Waals surface area contributed by atoms with Gasteiger partial charge in [-0.2, -0.15) is 0 Å². The summed E-state index contributed by atoms with van der Waals surface area (Å²) in [6.07, 6.45) is 9.05. The SMILES string of the molecule is O=C(Nc1ccc(N2CCCCC2)c2ccncc12)C1CCN(C(=O)CCOc2ccccc2)CC1. The van der Waals surface area contributed by atoms with Gasteiger partial charge in [0, 0.05) is 61.0 Å². The van der Waals surface area contributed by atoms with Gasteiger partial charge in [0.1, 0.15) is 5.75 Å². The van der Waals surface area contributed by atoms with Gasteiger partial charge in [-0.25, -0.2) is 0 Å². The van der Waals surface area contributed by atoms with Crippen molar-refractivity contribution in [1.82, 2.24) is 9.88 Å². The van der Waals surface area contributed by atoms with Crippen molar-refractivity contribution in [2.75, 3.05) is 43.0 Å². The minimum Gasteiger partial charge on any atom is -0.493 e. The normalized spacial score (nSPS) is 16.7. The van der Waals surface area contributed by atoms with Crippen LogP contribution in [-0.2, 0) is 9.59 Å². The van der Waals surface area contributed by atoms with Crippen molar-refractivity contribution < 1.29 is 14.3 Å². The Bertz CT molecular complexity index is 1190. The highest BCUT2D eigenvalue weighted by Gasteiger charge is 2.28. The molecule has 2 fully saturated rings. The molecule has 0 radical (unpaired) electrons. The number of carbonyl (C=O) groups excluding carboxylic acids is 2. The Balaban J connectivity index is 1.15. The van der Waals surface area contributed by atoms with E-state index in [-0.39, 0.29) is 17.7 Å². The molecule has 2 amide bonds. The highest BCUT2D eigenvalue weighted by Crippen LogP contribution is 2.34. The topological polar surface area (TPSA) is 74.8 Å². The molecule has 0 saturated carbocycles. The predicted octanol–water partition coefficient (Wildman–Crippen LogP) is 4.87. The number of fused-ring (bicyclic) bond motifs is 1. The summed E-state index contributed by atoms with van der Waals surface area (Å²) in [5.74, 6) is 0.760. The number of piperidine rings is 2. The molecule has 7 nitrogen and oxygen atoms in total. The molecule has 0 bridgehead atoms. The van der Waals surface area contributed by atoms with E-state index in [2.05, 4.69) is 21.3 Å². The Morgan fingerprint density at radius 1 is 0.917 bits per heavy atom. The second-order valence-corrected chi connectivity index (χ2v) is 9.66. The lowest BCUT2D eigenvalue weighted by Crippen LogP contribution is -2.41. The van der Waals surface area contributed by atoms with E-state index < -0.39 is 0 Å². The average molecular weight is 487 g/mol. The molecule has 2 aliphatic heterocycles. The van der Waals surface area contributed by atoms with Crippen LogP contribution in [0, 0.1) is 5.92 Å². The van der Waals surface area contributed by atoms with E-state index >= 15 is 0 Å². The van der Waals surface area contributed by atoms with Crippen LogP contribution in [0.2, 0.25) is 0 Å². The standard InChI is InChI=1S/C29H34N4O3/c34-28(14-20-36-23-7-3-1-4-8-23)33-18-12-22(13-19-33)29(35)31-26-9-10-27(32-16-5-2-6-17-32)24-11-15-30-21-25(24)26/h1,3-4,7-11,15,21-22H,2,5-6,12-14,16-20H2,(H,31,35). The number of anilines is 2. The molecule has 0 aliphatic carbocycles. The van der Waals surface area contributed by atoms with Crippen molar-refractivity contribution in [3.8, 4) is 5.75 Å². The Labute approximate surface area is 212 Å². The third-order valence-electron chi connectivity index (χ3n) is 7.30. The van der Waals surface area contributed by atoms with Gasteiger partial charge in [0.15, 0.2) is 0 Å². The lowest BCUT2D eigenvalue weighted by atomic mass is 9.95. The molecule has 1 aromatic heterocycles. The fourth-order valence-corrected chi connectivity index (χ4v) is 5.25. The van der Waals surface area contributed by atoms with Gasteiger partial charge in [-0.1, -0.05) is 18.2 Å². The van der Waals surface area contributed by atoms with Gasteiger partial charge in [-0.3, -0.25) is 14.6 Å². The number of likely N-dealkylation sites (tertiary alicyclic amines) is 1. The van der Waals surface area contributed by atoms with E-state index in [9.17, 15) is 9.59 Å². The lowest BCUT2D eigenvalue weighted by Gasteiger charge is -2.32. The van der Waals surface area contributed by atoms with Crippen LogP contribution in [0.25, 0.3) is 10.8 Å². The summed E-state index contributed by atoms with van der Waals surface area (Å²) in [5.41, 5.74) is 2.02. The smallest absolute Gasteiger partial charge is 0.227 e. The summed E-state index contributed by atoms with van der Waals surface area (Å²) < 4.78 is 5.66. The number of carbonyl (C=O) groups is 2. The Hall–Kier alpha value is -3.61. The fourth-order valence-electron chi connectivity index (χ4n) is 5.25. The third-order valence-corrected chi connectivity index (χ3v) is 7.30. The monoisotopic (exact) mass is 486 g/mol. The summed E-state index contributed by atoms with van der Waals surface area (Å²) in [7, 11) is 0. The number of nitrogens with zero attached hydrogens (tertiary/aromatic N) is 3. The van der Waals surface area contributed by atoms with Crippen molar-refractivity contribution in [2.45, 2.75) is 38.5 Å². The number of amides is 2. The van der Waals surface area contributed by atoms with E-state index in [1.54, 1.807) is 0 Å². The number of hydrogen-bond acceptors (Lipinski definition) is 5. The number of rotatable bonds is 7. The maximum absolute atomic E-state index is 13.1. The van der Waals surface area contributed by atoms with Crippen LogP contribution < -0.4 is 15.0 Å². The zero-order valence-corrected chi connectivity index (χ0v) is 20.7. The number of hydrogen-bond donors (Lipinski definition) is 1. The number of pyridine rings is 1. The molecule has 188 valence electrons. The second-order valence-electron chi connectivity index (χ2n) is 9.66. The highest BCUT2D eigenvalue weighted by atomic mass is 16.5. The molecule has 2 aliphatic rings. The number of aromatic nitrogens is 1. The second kappa shape index (κ2) is 11.4. The number of benzene rings is 2. The molecular weight excluding hydrogens is 452 g/mol. The molecule has 7 heteroatoms. The summed E-state index contributed by atoms with van der Waals surface area (Å²) >= 11 is 0. The van der Waals surface area contributed by atoms with E-state index in [4.69, 9.17) is 4.74 Å². The maximum Gasteiger partial charge on any atom is 0.227 e. The van der Waals surface area contributed by atoms with Gasteiger partial charge in [0.25, 0.3) is 0 Å². The average Bonchev–Trinajstić information content (AvgIpc) is 2.94. The van der Waals surface area contributed by atoms with Crippen LogP contribution in [0.4, 0.5) is 11.4 Å². The summed E-state index contributed by atoms with van der Waals surface area (Å²) in [4.78, 5) is 34.4. The van der Waals surface area contributed by atoms with Crippen molar-refractivity contribution in [3.63, 3.8) is 0 Å². The number of ether oxygens (including phenoxy) is 1. The van der Waals surface area contributed by atoms with Crippen LogP contribution in [0.1, 0.15) is 38.5 Å².